The molecule has 0 aromatic carbocycles. The summed E-state index contributed by atoms with van der Waals surface area (Å²) >= 11 is 0. The molecule has 11 nitrogen and oxygen atoms in total. The van der Waals surface area contributed by atoms with E-state index in [-0.39, 0.29) is 29.6 Å². The van der Waals surface area contributed by atoms with E-state index in [1.165, 1.54) is 0 Å². The second-order valence-corrected chi connectivity index (χ2v) is 5.49. The molecule has 0 atom stereocenters. The van der Waals surface area contributed by atoms with Crippen LogP contribution < -0.4 is 0 Å². The van der Waals surface area contributed by atoms with Crippen molar-refractivity contribution in [3.8, 4) is 0 Å². The van der Waals surface area contributed by atoms with Gasteiger partial charge in [0.1, 0.15) is 0 Å². The summed E-state index contributed by atoms with van der Waals surface area (Å²) in [6, 6.07) is 0. The zero-order valence-electron chi connectivity index (χ0n) is 5.87. The molecule has 0 saturated heterocycles. The van der Waals surface area contributed by atoms with Gasteiger partial charge in [-0.3, -0.25) is 9.11 Å². The van der Waals surface area contributed by atoms with E-state index in [1.807, 2.05) is 0 Å². The zero-order chi connectivity index (χ0) is 11.6. The van der Waals surface area contributed by atoms with E-state index in [4.69, 9.17) is 14.4 Å². The summed E-state index contributed by atoms with van der Waals surface area (Å²) in [5, 5.41) is 7.75. The molecule has 0 heterocycles. The Hall–Kier alpha value is 0.810. The summed E-state index contributed by atoms with van der Waals surface area (Å²) < 4.78 is 74.8. The molecule has 0 aromatic rings. The van der Waals surface area contributed by atoms with Gasteiger partial charge >= 0.3 is 50.4 Å². The average molecular weight is 300 g/mol. The maximum absolute atomic E-state index is 10.6. The third-order valence-electron chi connectivity index (χ3n) is 0.471. The van der Waals surface area contributed by atoms with E-state index in [0.29, 0.717) is 0 Å². The minimum absolute atomic E-state index is 0. The molecule has 0 amide bonds. The Morgan fingerprint density at radius 3 is 1.33 bits per heavy atom. The fourth-order valence-electron chi connectivity index (χ4n) is 0.270. The first kappa shape index (κ1) is 18.2. The molecule has 90 valence electrons. The van der Waals surface area contributed by atoms with Gasteiger partial charge in [-0.2, -0.15) is 16.8 Å². The molecule has 0 rings (SSSR count). The van der Waals surface area contributed by atoms with Crippen molar-refractivity contribution in [3.63, 3.8) is 0 Å². The number of thiol groups is 1. The molecule has 0 aliphatic rings. The summed E-state index contributed by atoms with van der Waals surface area (Å²) in [5.74, 6) is 0. The van der Waals surface area contributed by atoms with Crippen LogP contribution in [0.15, 0.2) is 0 Å². The molecule has 0 aliphatic carbocycles. The van der Waals surface area contributed by atoms with Crippen molar-refractivity contribution in [1.82, 2.24) is 0 Å². The fourth-order valence-corrected chi connectivity index (χ4v) is 2.66. The molecule has 3 N–H and O–H groups in total. The zero-order valence-corrected chi connectivity index (χ0v) is 8.40. The maximum atomic E-state index is 10.6. The predicted octanol–water partition coefficient (Wildman–Crippen LogP) is -2.77. The molecule has 0 saturated carbocycles. The third-order valence-corrected chi connectivity index (χ3v) is 3.64. The Balaban J connectivity index is 0. The van der Waals surface area contributed by atoms with Gasteiger partial charge in [-0.25, -0.2) is 9.47 Å². The van der Waals surface area contributed by atoms with Crippen molar-refractivity contribution in [2.75, 3.05) is 0 Å². The van der Waals surface area contributed by atoms with Crippen LogP contribution in [0.1, 0.15) is 0 Å². The molecule has 0 fully saturated rings. The van der Waals surface area contributed by atoms with Crippen LogP contribution in [-0.2, 0) is 43.2 Å². The summed E-state index contributed by atoms with van der Waals surface area (Å²) in [5.41, 5.74) is 0. The first-order chi connectivity index (χ1) is 5.97. The minimum atomic E-state index is -5.56. The third kappa shape index (κ3) is 9.72. The van der Waals surface area contributed by atoms with Crippen LogP contribution in [0.2, 0.25) is 0 Å². The van der Waals surface area contributed by atoms with E-state index < -0.39 is 31.6 Å². The SMILES string of the molecule is O=S(=O)(O)O[SH](=O)(OO)OS(=O)(=O)O.[NaH]. The van der Waals surface area contributed by atoms with Crippen molar-refractivity contribution in [2.24, 2.45) is 0 Å². The molecule has 0 spiro atoms. The number of hydrogen-bond acceptors (Lipinski definition) is 9. The molecular weight excluding hydrogens is 295 g/mol. The van der Waals surface area contributed by atoms with Gasteiger partial charge in [-0.15, -0.1) is 11.6 Å². The van der Waals surface area contributed by atoms with E-state index in [9.17, 15) is 21.0 Å². The molecule has 0 unspecified atom stereocenters. The van der Waals surface area contributed by atoms with Gasteiger partial charge in [0.25, 0.3) is 0 Å². The van der Waals surface area contributed by atoms with Crippen LogP contribution in [0.5, 0.6) is 0 Å². The molecule has 0 aliphatic heterocycles. The van der Waals surface area contributed by atoms with Gasteiger partial charge in [0.15, 0.2) is 0 Å². The van der Waals surface area contributed by atoms with Crippen molar-refractivity contribution in [2.45, 2.75) is 0 Å². The quantitative estimate of drug-likeness (QED) is 0.136. The van der Waals surface area contributed by atoms with Gasteiger partial charge < -0.3 is 0 Å². The van der Waals surface area contributed by atoms with Crippen LogP contribution in [-0.4, -0.2) is 65.0 Å². The average Bonchev–Trinajstić information content (AvgIpc) is 1.78. The van der Waals surface area contributed by atoms with Crippen molar-refractivity contribution in [1.29, 1.82) is 0 Å². The Morgan fingerprint density at radius 1 is 0.933 bits per heavy atom. The second-order valence-electron chi connectivity index (χ2n) is 1.53. The summed E-state index contributed by atoms with van der Waals surface area (Å²) in [6.07, 6.45) is 0. The predicted molar refractivity (Wildman–Crippen MR) is 45.7 cm³/mol. The molecule has 15 heteroatoms. The van der Waals surface area contributed by atoms with E-state index in [2.05, 4.69) is 11.6 Å². The number of hydrogen-bond donors (Lipinski definition) is 4. The van der Waals surface area contributed by atoms with Crippen LogP contribution in [0.25, 0.3) is 0 Å². The van der Waals surface area contributed by atoms with E-state index >= 15 is 0 Å². The Morgan fingerprint density at radius 2 is 1.20 bits per heavy atom. The van der Waals surface area contributed by atoms with Gasteiger partial charge in [0.05, 0.1) is 0 Å². The Bertz CT molecular complexity index is 386. The normalized spacial score (nSPS) is 14.3. The first-order valence-electron chi connectivity index (χ1n) is 2.28. The molecular formula is H5NaO11S3. The van der Waals surface area contributed by atoms with Gasteiger partial charge in [0, 0.05) is 0 Å². The molecule has 0 aromatic heterocycles. The van der Waals surface area contributed by atoms with Crippen molar-refractivity contribution >= 4 is 61.1 Å². The van der Waals surface area contributed by atoms with Crippen LogP contribution >= 0.6 is 0 Å². The standard InChI is InChI=1S/Na.H4O11S3.H/c;1-9-14(8,10-12(2,3)4)11-13(5,6)7;/h;1,14H,(H,2,3,4)(H,5,6,7);. The fraction of sp³-hybridized carbons (Fsp3) is 0. The molecule has 0 bridgehead atoms. The molecule has 0 radical (unpaired) electrons. The second kappa shape index (κ2) is 5.94. The Kier molecular flexibility index (Phi) is 7.20. The van der Waals surface area contributed by atoms with Crippen LogP contribution in [0.4, 0.5) is 0 Å². The summed E-state index contributed by atoms with van der Waals surface area (Å²) in [7, 11) is -16.4. The monoisotopic (exact) mass is 300 g/mol. The van der Waals surface area contributed by atoms with E-state index in [1.54, 1.807) is 0 Å². The van der Waals surface area contributed by atoms with Gasteiger partial charge in [0.2, 0.25) is 10.8 Å². The van der Waals surface area contributed by atoms with E-state index in [0.717, 1.165) is 0 Å². The number of rotatable bonds is 5. The van der Waals surface area contributed by atoms with Crippen LogP contribution in [0, 0.1) is 0 Å². The summed E-state index contributed by atoms with van der Waals surface area (Å²) in [4.78, 5) is 0. The van der Waals surface area contributed by atoms with Crippen molar-refractivity contribution in [3.05, 3.63) is 0 Å². The van der Waals surface area contributed by atoms with Crippen LogP contribution in [0.3, 0.4) is 0 Å². The van der Waals surface area contributed by atoms with Crippen molar-refractivity contribution < 1.29 is 47.0 Å². The van der Waals surface area contributed by atoms with Gasteiger partial charge in [-0.05, 0) is 0 Å². The first-order valence-corrected chi connectivity index (χ1v) is 6.47. The Labute approximate surface area is 107 Å². The van der Waals surface area contributed by atoms with Gasteiger partial charge in [-0.1, -0.05) is 0 Å². The summed E-state index contributed by atoms with van der Waals surface area (Å²) in [6.45, 7) is 0. The molecule has 15 heavy (non-hydrogen) atoms. The topological polar surface area (TPSA) is 174 Å².